The van der Waals surface area contributed by atoms with Gasteiger partial charge in [0.1, 0.15) is 18.2 Å². The van der Waals surface area contributed by atoms with Crippen molar-refractivity contribution in [2.24, 2.45) is 5.10 Å². The van der Waals surface area contributed by atoms with E-state index in [9.17, 15) is 9.18 Å². The molecule has 1 aliphatic carbocycles. The fraction of sp³-hybridized carbons (Fsp3) is 0.300. The normalized spacial score (nSPS) is 14.3. The van der Waals surface area contributed by atoms with Crippen LogP contribution in [0.25, 0.3) is 10.9 Å². The first-order valence-corrected chi connectivity index (χ1v) is 13.7. The standard InChI is InChI=1S/C30H29BrFN3O3/c1-2-37-27-16-22(24(31)17-28(27)38-19-21-12-6-8-14-25(21)32)18-33-35-29(20-10-4-3-5-11-20)34-26-15-9-7-13-23(26)30(35)36/h6-9,12-18,20H,2-5,10-11,19H2,1H3. The molecule has 1 saturated carbocycles. The Morgan fingerprint density at radius 3 is 2.58 bits per heavy atom. The van der Waals surface area contributed by atoms with E-state index in [4.69, 9.17) is 14.5 Å². The zero-order chi connectivity index (χ0) is 26.5. The number of halogens is 2. The van der Waals surface area contributed by atoms with Crippen molar-refractivity contribution in [2.75, 3.05) is 6.61 Å². The summed E-state index contributed by atoms with van der Waals surface area (Å²) in [7, 11) is 0. The molecule has 0 radical (unpaired) electrons. The van der Waals surface area contributed by atoms with Crippen molar-refractivity contribution in [1.82, 2.24) is 9.66 Å². The molecule has 196 valence electrons. The van der Waals surface area contributed by atoms with E-state index in [1.54, 1.807) is 42.6 Å². The third kappa shape index (κ3) is 5.65. The molecule has 0 atom stereocenters. The summed E-state index contributed by atoms with van der Waals surface area (Å²) in [6, 6.07) is 17.5. The van der Waals surface area contributed by atoms with Crippen LogP contribution in [0.1, 0.15) is 61.9 Å². The van der Waals surface area contributed by atoms with E-state index in [0.717, 1.165) is 25.7 Å². The second-order valence-electron chi connectivity index (χ2n) is 9.32. The Morgan fingerprint density at radius 1 is 1.05 bits per heavy atom. The van der Waals surface area contributed by atoms with Gasteiger partial charge in [-0.1, -0.05) is 49.6 Å². The van der Waals surface area contributed by atoms with Crippen LogP contribution in [0.4, 0.5) is 4.39 Å². The number of hydrogen-bond donors (Lipinski definition) is 0. The first kappa shape index (κ1) is 26.1. The molecule has 4 aromatic rings. The smallest absolute Gasteiger partial charge is 0.282 e. The molecule has 0 unspecified atom stereocenters. The maximum absolute atomic E-state index is 14.1. The van der Waals surface area contributed by atoms with Crippen LogP contribution in [0.5, 0.6) is 11.5 Å². The lowest BCUT2D eigenvalue weighted by atomic mass is 9.88. The predicted octanol–water partition coefficient (Wildman–Crippen LogP) is 7.21. The monoisotopic (exact) mass is 577 g/mol. The minimum Gasteiger partial charge on any atom is -0.490 e. The van der Waals surface area contributed by atoms with Crippen LogP contribution in [0.15, 0.2) is 75.0 Å². The van der Waals surface area contributed by atoms with Crippen LogP contribution < -0.4 is 15.0 Å². The molecule has 0 N–H and O–H groups in total. The number of fused-ring (bicyclic) bond motifs is 1. The minimum absolute atomic E-state index is 0.0650. The number of rotatable bonds is 8. The second kappa shape index (κ2) is 11.9. The average Bonchev–Trinajstić information content (AvgIpc) is 2.94. The van der Waals surface area contributed by atoms with Gasteiger partial charge in [-0.3, -0.25) is 4.79 Å². The minimum atomic E-state index is -0.323. The first-order chi connectivity index (χ1) is 18.5. The highest BCUT2D eigenvalue weighted by molar-refractivity contribution is 9.10. The zero-order valence-electron chi connectivity index (χ0n) is 21.2. The number of ether oxygens (including phenoxy) is 2. The van der Waals surface area contributed by atoms with Crippen LogP contribution in [0.3, 0.4) is 0 Å². The molecule has 0 bridgehead atoms. The summed E-state index contributed by atoms with van der Waals surface area (Å²) < 4.78 is 28.0. The maximum Gasteiger partial charge on any atom is 0.282 e. The van der Waals surface area contributed by atoms with Gasteiger partial charge in [0.15, 0.2) is 11.5 Å². The molecular weight excluding hydrogens is 549 g/mol. The van der Waals surface area contributed by atoms with E-state index in [2.05, 4.69) is 21.0 Å². The number of nitrogens with zero attached hydrogens (tertiary/aromatic N) is 3. The van der Waals surface area contributed by atoms with E-state index >= 15 is 0 Å². The highest BCUT2D eigenvalue weighted by atomic mass is 79.9. The van der Waals surface area contributed by atoms with Crippen molar-refractivity contribution >= 4 is 33.0 Å². The van der Waals surface area contributed by atoms with Crippen LogP contribution in [-0.4, -0.2) is 22.5 Å². The molecule has 0 spiro atoms. The Morgan fingerprint density at radius 2 is 1.79 bits per heavy atom. The van der Waals surface area contributed by atoms with Crippen LogP contribution >= 0.6 is 15.9 Å². The summed E-state index contributed by atoms with van der Waals surface area (Å²) in [5, 5.41) is 5.18. The van der Waals surface area contributed by atoms with Crippen LogP contribution in [0, 0.1) is 5.82 Å². The van der Waals surface area contributed by atoms with Gasteiger partial charge in [0, 0.05) is 21.5 Å². The van der Waals surface area contributed by atoms with E-state index in [0.29, 0.717) is 50.4 Å². The molecule has 0 aliphatic heterocycles. The highest BCUT2D eigenvalue weighted by Crippen LogP contribution is 2.35. The molecule has 3 aromatic carbocycles. The van der Waals surface area contributed by atoms with Crippen LogP contribution in [0.2, 0.25) is 0 Å². The summed E-state index contributed by atoms with van der Waals surface area (Å²) >= 11 is 3.60. The molecule has 8 heteroatoms. The molecule has 1 aromatic heterocycles. The molecule has 6 nitrogen and oxygen atoms in total. The van der Waals surface area contributed by atoms with Crippen molar-refractivity contribution in [2.45, 2.75) is 51.6 Å². The molecule has 1 heterocycles. The fourth-order valence-corrected chi connectivity index (χ4v) is 5.22. The Labute approximate surface area is 229 Å². The lowest BCUT2D eigenvalue weighted by Gasteiger charge is -2.22. The average molecular weight is 578 g/mol. The van der Waals surface area contributed by atoms with E-state index < -0.39 is 0 Å². The van der Waals surface area contributed by atoms with Gasteiger partial charge in [0.05, 0.1) is 23.7 Å². The third-order valence-corrected chi connectivity index (χ3v) is 7.45. The predicted molar refractivity (Wildman–Crippen MR) is 151 cm³/mol. The lowest BCUT2D eigenvalue weighted by molar-refractivity contribution is 0.265. The largest absolute Gasteiger partial charge is 0.490 e. The van der Waals surface area contributed by atoms with Crippen molar-refractivity contribution in [1.29, 1.82) is 0 Å². The number of benzene rings is 3. The summed E-state index contributed by atoms with van der Waals surface area (Å²) in [5.41, 5.74) is 1.68. The van der Waals surface area contributed by atoms with Gasteiger partial charge >= 0.3 is 0 Å². The van der Waals surface area contributed by atoms with Crippen LogP contribution in [-0.2, 0) is 6.61 Å². The van der Waals surface area contributed by atoms with Gasteiger partial charge in [0.2, 0.25) is 0 Å². The molecular formula is C30H29BrFN3O3. The summed E-state index contributed by atoms with van der Waals surface area (Å²) in [5.74, 6) is 1.55. The Balaban J connectivity index is 1.50. The maximum atomic E-state index is 14.1. The van der Waals surface area contributed by atoms with E-state index in [-0.39, 0.29) is 23.9 Å². The summed E-state index contributed by atoms with van der Waals surface area (Å²) in [6.45, 7) is 2.37. The second-order valence-corrected chi connectivity index (χ2v) is 10.2. The first-order valence-electron chi connectivity index (χ1n) is 12.9. The Kier molecular flexibility index (Phi) is 8.17. The van der Waals surface area contributed by atoms with Crippen molar-refractivity contribution in [3.63, 3.8) is 0 Å². The molecule has 38 heavy (non-hydrogen) atoms. The lowest BCUT2D eigenvalue weighted by Crippen LogP contribution is -2.25. The molecule has 1 aliphatic rings. The van der Waals surface area contributed by atoms with Gasteiger partial charge in [-0.25, -0.2) is 9.37 Å². The molecule has 0 amide bonds. The van der Waals surface area contributed by atoms with Gasteiger partial charge in [-0.15, -0.1) is 0 Å². The Bertz CT molecular complexity index is 1530. The van der Waals surface area contributed by atoms with E-state index in [1.165, 1.54) is 17.2 Å². The number of para-hydroxylation sites is 1. The fourth-order valence-electron chi connectivity index (χ4n) is 4.80. The van der Waals surface area contributed by atoms with Gasteiger partial charge < -0.3 is 9.47 Å². The quantitative estimate of drug-likeness (QED) is 0.207. The molecule has 1 fully saturated rings. The number of hydrogen-bond acceptors (Lipinski definition) is 5. The zero-order valence-corrected chi connectivity index (χ0v) is 22.8. The van der Waals surface area contributed by atoms with Crippen molar-refractivity contribution < 1.29 is 13.9 Å². The van der Waals surface area contributed by atoms with Gasteiger partial charge in [-0.2, -0.15) is 9.78 Å². The van der Waals surface area contributed by atoms with Crippen molar-refractivity contribution in [3.8, 4) is 11.5 Å². The van der Waals surface area contributed by atoms with Gasteiger partial charge in [0.25, 0.3) is 5.56 Å². The number of aromatic nitrogens is 2. The molecule has 0 saturated heterocycles. The third-order valence-electron chi connectivity index (χ3n) is 6.77. The highest BCUT2D eigenvalue weighted by Gasteiger charge is 2.22. The summed E-state index contributed by atoms with van der Waals surface area (Å²) in [6.07, 6.45) is 7.07. The van der Waals surface area contributed by atoms with Gasteiger partial charge in [-0.05, 0) is 66.0 Å². The SMILES string of the molecule is CCOc1cc(C=Nn2c(C3CCCCC3)nc3ccccc3c2=O)c(Br)cc1OCc1ccccc1F. The van der Waals surface area contributed by atoms with E-state index in [1.807, 2.05) is 25.1 Å². The summed E-state index contributed by atoms with van der Waals surface area (Å²) in [4.78, 5) is 18.4. The van der Waals surface area contributed by atoms with Crippen molar-refractivity contribution in [3.05, 3.63) is 98.3 Å². The Hall–Kier alpha value is -3.52. The molecule has 5 rings (SSSR count). The topological polar surface area (TPSA) is 65.7 Å².